The molecule has 0 aliphatic carbocycles. The molecule has 1 rings (SSSR count). The summed E-state index contributed by atoms with van der Waals surface area (Å²) in [5.41, 5.74) is 1.63. The molecule has 0 spiro atoms. The van der Waals surface area contributed by atoms with Gasteiger partial charge in [-0.15, -0.1) is 0 Å². The number of benzene rings is 1. The van der Waals surface area contributed by atoms with E-state index in [9.17, 15) is 5.11 Å². The van der Waals surface area contributed by atoms with E-state index in [4.69, 9.17) is 4.74 Å². The third kappa shape index (κ3) is 3.99. The van der Waals surface area contributed by atoms with E-state index in [2.05, 4.69) is 36.4 Å². The first kappa shape index (κ1) is 12.8. The fourth-order valence-electron chi connectivity index (χ4n) is 1.25. The zero-order valence-corrected chi connectivity index (χ0v) is 11.8. The quantitative estimate of drug-likeness (QED) is 0.868. The fraction of sp³-hybridized carbons (Fsp3) is 0.500. The van der Waals surface area contributed by atoms with Gasteiger partial charge in [0, 0.05) is 3.57 Å². The van der Waals surface area contributed by atoms with Gasteiger partial charge in [-0.2, -0.15) is 0 Å². The van der Waals surface area contributed by atoms with Crippen molar-refractivity contribution in [1.82, 2.24) is 0 Å². The molecule has 0 aliphatic heterocycles. The smallest absolute Gasteiger partial charge is 0.120 e. The molecule has 15 heavy (non-hydrogen) atoms. The molecule has 0 saturated heterocycles. The normalized spacial score (nSPS) is 11.6. The summed E-state index contributed by atoms with van der Waals surface area (Å²) in [6.07, 6.45) is 0. The van der Waals surface area contributed by atoms with E-state index in [0.717, 1.165) is 5.75 Å². The first-order chi connectivity index (χ1) is 6.79. The van der Waals surface area contributed by atoms with E-state index in [1.165, 1.54) is 14.7 Å². The highest BCUT2D eigenvalue weighted by Gasteiger charge is 2.13. The van der Waals surface area contributed by atoms with Gasteiger partial charge >= 0.3 is 0 Å². The lowest BCUT2D eigenvalue weighted by Crippen LogP contribution is -2.27. The highest BCUT2D eigenvalue weighted by molar-refractivity contribution is 14.1. The Morgan fingerprint density at radius 2 is 1.73 bits per heavy atom. The number of hydrogen-bond donors (Lipinski definition) is 1. The maximum atomic E-state index is 9.55. The zero-order valence-electron chi connectivity index (χ0n) is 9.60. The summed E-state index contributed by atoms with van der Waals surface area (Å²) < 4.78 is 6.80. The van der Waals surface area contributed by atoms with Gasteiger partial charge in [0.25, 0.3) is 0 Å². The Balaban J connectivity index is 2.80. The first-order valence-corrected chi connectivity index (χ1v) is 5.99. The average molecular weight is 320 g/mol. The number of aliphatic hydroxyl groups is 1. The second-order valence-corrected chi connectivity index (χ2v) is 5.55. The molecule has 0 unspecified atom stereocenters. The second kappa shape index (κ2) is 4.70. The van der Waals surface area contributed by atoms with Crippen molar-refractivity contribution in [3.05, 3.63) is 26.8 Å². The summed E-state index contributed by atoms with van der Waals surface area (Å²) in [5, 5.41) is 9.55. The van der Waals surface area contributed by atoms with E-state index >= 15 is 0 Å². The Bertz CT molecular complexity index is 330. The second-order valence-electron chi connectivity index (χ2n) is 4.47. The lowest BCUT2D eigenvalue weighted by molar-refractivity contribution is 0.0284. The summed E-state index contributed by atoms with van der Waals surface area (Å²) in [7, 11) is 0. The Labute approximate surface area is 105 Å². The topological polar surface area (TPSA) is 29.5 Å². The minimum absolute atomic E-state index is 0.312. The average Bonchev–Trinajstić information content (AvgIpc) is 2.09. The third-order valence-corrected chi connectivity index (χ3v) is 3.70. The number of ether oxygens (including phenoxy) is 1. The molecule has 1 N–H and O–H groups in total. The maximum Gasteiger partial charge on any atom is 0.120 e. The summed E-state index contributed by atoms with van der Waals surface area (Å²) in [6, 6.07) is 4.00. The van der Waals surface area contributed by atoms with Crippen molar-refractivity contribution in [3.63, 3.8) is 0 Å². The highest BCUT2D eigenvalue weighted by atomic mass is 127. The van der Waals surface area contributed by atoms with Crippen molar-refractivity contribution < 1.29 is 9.84 Å². The van der Waals surface area contributed by atoms with Crippen LogP contribution in [0.15, 0.2) is 12.1 Å². The predicted octanol–water partition coefficient (Wildman–Crippen LogP) is 3.06. The minimum atomic E-state index is -0.787. The Morgan fingerprint density at radius 3 is 2.13 bits per heavy atom. The molecule has 0 atom stereocenters. The largest absolute Gasteiger partial charge is 0.491 e. The molecule has 0 heterocycles. The van der Waals surface area contributed by atoms with Gasteiger partial charge < -0.3 is 9.84 Å². The Morgan fingerprint density at radius 1 is 1.27 bits per heavy atom. The van der Waals surface area contributed by atoms with Crippen molar-refractivity contribution in [2.75, 3.05) is 6.61 Å². The van der Waals surface area contributed by atoms with Gasteiger partial charge in [-0.25, -0.2) is 0 Å². The highest BCUT2D eigenvalue weighted by Crippen LogP contribution is 2.23. The van der Waals surface area contributed by atoms with E-state index in [1.807, 2.05) is 12.1 Å². The summed E-state index contributed by atoms with van der Waals surface area (Å²) >= 11 is 2.33. The number of hydrogen-bond acceptors (Lipinski definition) is 2. The van der Waals surface area contributed by atoms with E-state index in [1.54, 1.807) is 13.8 Å². The lowest BCUT2D eigenvalue weighted by Gasteiger charge is -2.18. The van der Waals surface area contributed by atoms with Gasteiger partial charge in [0.2, 0.25) is 0 Å². The van der Waals surface area contributed by atoms with Gasteiger partial charge in [-0.1, -0.05) is 0 Å². The van der Waals surface area contributed by atoms with Gasteiger partial charge in [0.15, 0.2) is 0 Å². The molecule has 0 bridgehead atoms. The molecule has 0 aliphatic rings. The van der Waals surface area contributed by atoms with E-state index < -0.39 is 5.60 Å². The summed E-state index contributed by atoms with van der Waals surface area (Å²) in [4.78, 5) is 0. The molecule has 2 nitrogen and oxygen atoms in total. The SMILES string of the molecule is Cc1cc(OCC(C)(C)O)cc(C)c1I. The van der Waals surface area contributed by atoms with Crippen molar-refractivity contribution in [2.45, 2.75) is 33.3 Å². The van der Waals surface area contributed by atoms with Crippen LogP contribution >= 0.6 is 22.6 Å². The predicted molar refractivity (Wildman–Crippen MR) is 70.4 cm³/mol. The van der Waals surface area contributed by atoms with Gasteiger partial charge in [0.1, 0.15) is 12.4 Å². The van der Waals surface area contributed by atoms with Crippen LogP contribution in [-0.2, 0) is 0 Å². The molecular formula is C12H17IO2. The molecule has 0 aromatic heterocycles. The van der Waals surface area contributed by atoms with Crippen LogP contribution in [0.2, 0.25) is 0 Å². The number of rotatable bonds is 3. The molecule has 1 aromatic carbocycles. The van der Waals surface area contributed by atoms with Crippen LogP contribution in [-0.4, -0.2) is 17.3 Å². The molecule has 3 heteroatoms. The lowest BCUT2D eigenvalue weighted by atomic mass is 10.1. The van der Waals surface area contributed by atoms with Gasteiger partial charge in [0.05, 0.1) is 5.60 Å². The summed E-state index contributed by atoms with van der Waals surface area (Å²) in [5.74, 6) is 0.826. The van der Waals surface area contributed by atoms with Crippen molar-refractivity contribution >= 4 is 22.6 Å². The van der Waals surface area contributed by atoms with Crippen molar-refractivity contribution in [3.8, 4) is 5.75 Å². The fourth-order valence-corrected chi connectivity index (χ4v) is 1.56. The summed E-state index contributed by atoms with van der Waals surface area (Å²) in [6.45, 7) is 7.91. The minimum Gasteiger partial charge on any atom is -0.491 e. The molecule has 0 fully saturated rings. The van der Waals surface area contributed by atoms with Crippen LogP contribution in [0.25, 0.3) is 0 Å². The number of aryl methyl sites for hydroxylation is 2. The van der Waals surface area contributed by atoms with Crippen LogP contribution in [0.1, 0.15) is 25.0 Å². The van der Waals surface area contributed by atoms with Crippen LogP contribution in [0.4, 0.5) is 0 Å². The molecule has 1 aromatic rings. The van der Waals surface area contributed by atoms with Crippen molar-refractivity contribution in [2.24, 2.45) is 0 Å². The Hall–Kier alpha value is -0.290. The van der Waals surface area contributed by atoms with Crippen LogP contribution in [0.5, 0.6) is 5.75 Å². The zero-order chi connectivity index (χ0) is 11.6. The molecule has 0 amide bonds. The van der Waals surface area contributed by atoms with E-state index in [-0.39, 0.29) is 0 Å². The molecular weight excluding hydrogens is 303 g/mol. The van der Waals surface area contributed by atoms with Crippen LogP contribution in [0.3, 0.4) is 0 Å². The standard InChI is InChI=1S/C12H17IO2/c1-8-5-10(6-9(2)11(8)13)15-7-12(3,4)14/h5-6,14H,7H2,1-4H3. The van der Waals surface area contributed by atoms with Crippen molar-refractivity contribution in [1.29, 1.82) is 0 Å². The molecule has 84 valence electrons. The van der Waals surface area contributed by atoms with E-state index in [0.29, 0.717) is 6.61 Å². The monoisotopic (exact) mass is 320 g/mol. The van der Waals surface area contributed by atoms with Gasteiger partial charge in [-0.3, -0.25) is 0 Å². The van der Waals surface area contributed by atoms with Crippen LogP contribution < -0.4 is 4.74 Å². The number of halogens is 1. The first-order valence-electron chi connectivity index (χ1n) is 4.91. The molecule has 0 radical (unpaired) electrons. The molecule has 0 saturated carbocycles. The third-order valence-electron chi connectivity index (χ3n) is 2.00. The maximum absolute atomic E-state index is 9.55. The van der Waals surface area contributed by atoms with Crippen LogP contribution in [0, 0.1) is 17.4 Å². The Kier molecular flexibility index (Phi) is 4.00. The van der Waals surface area contributed by atoms with Gasteiger partial charge in [-0.05, 0) is 73.5 Å².